The van der Waals surface area contributed by atoms with Crippen LogP contribution >= 0.6 is 11.6 Å². The molecule has 0 heterocycles. The van der Waals surface area contributed by atoms with Crippen LogP contribution < -0.4 is 0 Å². The van der Waals surface area contributed by atoms with E-state index in [4.69, 9.17) is 22.1 Å². The third-order valence-corrected chi connectivity index (χ3v) is 2.41. The third kappa shape index (κ3) is 1.87. The van der Waals surface area contributed by atoms with Gasteiger partial charge < -0.3 is 0 Å². The van der Waals surface area contributed by atoms with Gasteiger partial charge in [-0.25, -0.2) is 0 Å². The van der Waals surface area contributed by atoms with E-state index in [1.54, 1.807) is 6.07 Å². The summed E-state index contributed by atoms with van der Waals surface area (Å²) in [5, 5.41) is 18.0. The zero-order valence-electron chi connectivity index (χ0n) is 7.84. The summed E-state index contributed by atoms with van der Waals surface area (Å²) in [6, 6.07) is 7.63. The van der Waals surface area contributed by atoms with Crippen molar-refractivity contribution in [1.29, 1.82) is 10.5 Å². The van der Waals surface area contributed by atoms with E-state index in [0.29, 0.717) is 17.0 Å². The minimum absolute atomic E-state index is 0.328. The molecule has 70 valence electrons. The molecule has 1 aromatic rings. The van der Waals surface area contributed by atoms with Crippen LogP contribution in [0.2, 0.25) is 5.02 Å². The summed E-state index contributed by atoms with van der Waals surface area (Å²) in [5.41, 5.74) is 2.29. The summed E-state index contributed by atoms with van der Waals surface area (Å²) >= 11 is 5.88. The molecule has 0 N–H and O–H groups in total. The molecule has 0 unspecified atom stereocenters. The Morgan fingerprint density at radius 1 is 1.36 bits per heavy atom. The van der Waals surface area contributed by atoms with Crippen molar-refractivity contribution in [2.45, 2.75) is 19.8 Å². The summed E-state index contributed by atoms with van der Waals surface area (Å²) in [7, 11) is 0. The highest BCUT2D eigenvalue weighted by Crippen LogP contribution is 2.23. The molecule has 2 nitrogen and oxygen atoms in total. The molecule has 0 aliphatic carbocycles. The number of rotatable bonds is 2. The molecular weight excluding hydrogens is 196 g/mol. The lowest BCUT2D eigenvalue weighted by Crippen LogP contribution is -1.96. The van der Waals surface area contributed by atoms with E-state index in [9.17, 15) is 0 Å². The Balaban J connectivity index is 3.36. The normalized spacial score (nSPS) is 9.14. The van der Waals surface area contributed by atoms with Crippen LogP contribution in [0.1, 0.15) is 23.6 Å². The van der Waals surface area contributed by atoms with Crippen molar-refractivity contribution >= 4 is 11.6 Å². The molecule has 3 heteroatoms. The maximum absolute atomic E-state index is 8.91. The van der Waals surface area contributed by atoms with E-state index < -0.39 is 0 Å². The van der Waals surface area contributed by atoms with Gasteiger partial charge in [0.1, 0.15) is 6.07 Å². The van der Waals surface area contributed by atoms with Gasteiger partial charge in [0, 0.05) is 0 Å². The van der Waals surface area contributed by atoms with Crippen molar-refractivity contribution < 1.29 is 0 Å². The summed E-state index contributed by atoms with van der Waals surface area (Å²) in [5.74, 6) is 0. The van der Waals surface area contributed by atoms with Crippen LogP contribution in [0, 0.1) is 22.7 Å². The van der Waals surface area contributed by atoms with E-state index >= 15 is 0 Å². The standard InChI is InChI=1S/C11H9ClN2/c1-2-9-8(5-6-13)3-4-11(12)10(9)7-14/h3-4H,2,5H2,1H3. The van der Waals surface area contributed by atoms with Crippen molar-refractivity contribution in [2.75, 3.05) is 0 Å². The average molecular weight is 205 g/mol. The molecule has 0 saturated carbocycles. The number of halogens is 1. The lowest BCUT2D eigenvalue weighted by molar-refractivity contribution is 1.07. The molecule has 0 aromatic heterocycles. The highest BCUT2D eigenvalue weighted by molar-refractivity contribution is 6.31. The molecule has 1 rings (SSSR count). The minimum atomic E-state index is 0.328. The summed E-state index contributed by atoms with van der Waals surface area (Å²) in [4.78, 5) is 0. The number of nitriles is 2. The molecule has 0 amide bonds. The third-order valence-electron chi connectivity index (χ3n) is 2.09. The highest BCUT2D eigenvalue weighted by atomic mass is 35.5. The first kappa shape index (κ1) is 10.6. The van der Waals surface area contributed by atoms with Gasteiger partial charge in [-0.3, -0.25) is 0 Å². The molecular formula is C11H9ClN2. The Kier molecular flexibility index (Phi) is 3.51. The molecule has 0 aliphatic rings. The van der Waals surface area contributed by atoms with Gasteiger partial charge in [-0.05, 0) is 23.6 Å². The van der Waals surface area contributed by atoms with E-state index in [2.05, 4.69) is 12.1 Å². The summed E-state index contributed by atoms with van der Waals surface area (Å²) in [6.07, 6.45) is 1.05. The van der Waals surface area contributed by atoms with Crippen molar-refractivity contribution in [3.05, 3.63) is 33.8 Å². The smallest absolute Gasteiger partial charge is 0.101 e. The second-order valence-electron chi connectivity index (χ2n) is 2.86. The Morgan fingerprint density at radius 2 is 2.07 bits per heavy atom. The van der Waals surface area contributed by atoms with Gasteiger partial charge in [0.05, 0.1) is 23.1 Å². The molecule has 0 saturated heterocycles. The summed E-state index contributed by atoms with van der Waals surface area (Å²) < 4.78 is 0. The molecule has 0 spiro atoms. The highest BCUT2D eigenvalue weighted by Gasteiger charge is 2.09. The van der Waals surface area contributed by atoms with E-state index in [1.807, 2.05) is 13.0 Å². The fourth-order valence-electron chi connectivity index (χ4n) is 1.44. The van der Waals surface area contributed by atoms with Gasteiger partial charge in [0.15, 0.2) is 0 Å². The van der Waals surface area contributed by atoms with Crippen LogP contribution in [0.5, 0.6) is 0 Å². The molecule has 0 aliphatic heterocycles. The van der Waals surface area contributed by atoms with Crippen LogP contribution in [0.25, 0.3) is 0 Å². The maximum Gasteiger partial charge on any atom is 0.101 e. The van der Waals surface area contributed by atoms with Crippen molar-refractivity contribution in [3.63, 3.8) is 0 Å². The van der Waals surface area contributed by atoms with E-state index in [1.165, 1.54) is 0 Å². The fourth-order valence-corrected chi connectivity index (χ4v) is 1.66. The van der Waals surface area contributed by atoms with Gasteiger partial charge in [-0.1, -0.05) is 24.6 Å². The number of benzene rings is 1. The number of hydrogen-bond donors (Lipinski definition) is 0. The number of hydrogen-bond acceptors (Lipinski definition) is 2. The van der Waals surface area contributed by atoms with E-state index in [-0.39, 0.29) is 0 Å². The van der Waals surface area contributed by atoms with Crippen molar-refractivity contribution in [1.82, 2.24) is 0 Å². The Hall–Kier alpha value is -1.51. The van der Waals surface area contributed by atoms with Gasteiger partial charge in [-0.2, -0.15) is 10.5 Å². The van der Waals surface area contributed by atoms with Crippen LogP contribution in [-0.4, -0.2) is 0 Å². The maximum atomic E-state index is 8.91. The second kappa shape index (κ2) is 4.65. The quantitative estimate of drug-likeness (QED) is 0.744. The van der Waals surface area contributed by atoms with Gasteiger partial charge in [0.25, 0.3) is 0 Å². The van der Waals surface area contributed by atoms with Gasteiger partial charge >= 0.3 is 0 Å². The fraction of sp³-hybridized carbons (Fsp3) is 0.273. The molecule has 0 radical (unpaired) electrons. The Bertz CT molecular complexity index is 424. The molecule has 14 heavy (non-hydrogen) atoms. The largest absolute Gasteiger partial charge is 0.198 e. The predicted octanol–water partition coefficient (Wildman–Crippen LogP) is 2.84. The minimum Gasteiger partial charge on any atom is -0.198 e. The second-order valence-corrected chi connectivity index (χ2v) is 3.27. The topological polar surface area (TPSA) is 47.6 Å². The first-order chi connectivity index (χ1) is 6.74. The molecule has 1 aromatic carbocycles. The molecule has 0 bridgehead atoms. The van der Waals surface area contributed by atoms with E-state index in [0.717, 1.165) is 17.5 Å². The van der Waals surface area contributed by atoms with Crippen LogP contribution in [0.3, 0.4) is 0 Å². The van der Waals surface area contributed by atoms with Crippen LogP contribution in [-0.2, 0) is 12.8 Å². The zero-order chi connectivity index (χ0) is 10.6. The monoisotopic (exact) mass is 204 g/mol. The molecule has 0 fully saturated rings. The van der Waals surface area contributed by atoms with Gasteiger partial charge in [-0.15, -0.1) is 0 Å². The molecule has 0 atom stereocenters. The SMILES string of the molecule is CCc1c(CC#N)ccc(Cl)c1C#N. The lowest BCUT2D eigenvalue weighted by Gasteiger charge is -2.07. The van der Waals surface area contributed by atoms with Crippen molar-refractivity contribution in [3.8, 4) is 12.1 Å². The summed E-state index contributed by atoms with van der Waals surface area (Å²) in [6.45, 7) is 1.95. The number of nitrogens with zero attached hydrogens (tertiary/aromatic N) is 2. The average Bonchev–Trinajstić information content (AvgIpc) is 2.20. The lowest BCUT2D eigenvalue weighted by atomic mass is 9.98. The van der Waals surface area contributed by atoms with Crippen LogP contribution in [0.4, 0.5) is 0 Å². The van der Waals surface area contributed by atoms with Crippen LogP contribution in [0.15, 0.2) is 12.1 Å². The predicted molar refractivity (Wildman–Crippen MR) is 54.9 cm³/mol. The Morgan fingerprint density at radius 3 is 2.57 bits per heavy atom. The van der Waals surface area contributed by atoms with Crippen molar-refractivity contribution in [2.24, 2.45) is 0 Å². The first-order valence-corrected chi connectivity index (χ1v) is 4.69. The zero-order valence-corrected chi connectivity index (χ0v) is 8.60. The van der Waals surface area contributed by atoms with Gasteiger partial charge in [0.2, 0.25) is 0 Å². The first-order valence-electron chi connectivity index (χ1n) is 4.31. The Labute approximate surface area is 88.3 Å².